The molecule has 0 spiro atoms. The zero-order chi connectivity index (χ0) is 20.9. The second-order valence-corrected chi connectivity index (χ2v) is 7.43. The number of aromatic nitrogens is 1. The Bertz CT molecular complexity index is 1040. The van der Waals surface area contributed by atoms with Crippen LogP contribution in [0.3, 0.4) is 0 Å². The van der Waals surface area contributed by atoms with E-state index in [4.69, 9.17) is 4.74 Å². The van der Waals surface area contributed by atoms with Gasteiger partial charge in [0, 0.05) is 36.4 Å². The molecule has 2 heterocycles. The molecule has 0 saturated carbocycles. The van der Waals surface area contributed by atoms with E-state index < -0.39 is 11.9 Å². The molecule has 1 atom stereocenters. The van der Waals surface area contributed by atoms with Crippen molar-refractivity contribution in [2.45, 2.75) is 24.9 Å². The van der Waals surface area contributed by atoms with Gasteiger partial charge in [0.25, 0.3) is 5.91 Å². The molecule has 1 unspecified atom stereocenters. The summed E-state index contributed by atoms with van der Waals surface area (Å²) in [6, 6.07) is 12.8. The maximum absolute atomic E-state index is 13.5. The highest BCUT2D eigenvalue weighted by Gasteiger charge is 2.17. The number of pyridine rings is 1. The number of hydrogen-bond donors (Lipinski definition) is 3. The largest absolute Gasteiger partial charge is 0.394 e. The zero-order valence-corrected chi connectivity index (χ0v) is 16.5. The molecule has 6 nitrogen and oxygen atoms in total. The van der Waals surface area contributed by atoms with Crippen molar-refractivity contribution in [1.29, 1.82) is 0 Å². The summed E-state index contributed by atoms with van der Waals surface area (Å²) >= 11 is 0. The number of carbonyl (C=O) groups excluding carboxylic acids is 1. The molecule has 3 N–H and O–H groups in total. The number of hydrogen-bond acceptors (Lipinski definition) is 5. The highest BCUT2D eigenvalue weighted by molar-refractivity contribution is 5.99. The number of halogens is 1. The molecule has 4 rings (SSSR count). The standard InChI is InChI=1S/C23H24FN3O3/c24-19-3-1-2-15(11-19)21(14-28)27-23(29)16-4-5-17-13-25-22(12-18(17)10-16)26-20-6-8-30-9-7-20/h1-5,10-13,20-21,28H,6-9,14H2,(H,25,26)(H,27,29). The zero-order valence-electron chi connectivity index (χ0n) is 16.5. The predicted molar refractivity (Wildman–Crippen MR) is 113 cm³/mol. The number of amides is 1. The van der Waals surface area contributed by atoms with Gasteiger partial charge >= 0.3 is 0 Å². The lowest BCUT2D eigenvalue weighted by atomic mass is 10.0. The fourth-order valence-electron chi connectivity index (χ4n) is 3.61. The third kappa shape index (κ3) is 4.75. The first kappa shape index (κ1) is 20.3. The van der Waals surface area contributed by atoms with E-state index in [1.807, 2.05) is 12.1 Å². The van der Waals surface area contributed by atoms with Crippen LogP contribution < -0.4 is 10.6 Å². The van der Waals surface area contributed by atoms with Crippen molar-refractivity contribution < 1.29 is 19.0 Å². The maximum Gasteiger partial charge on any atom is 0.251 e. The highest BCUT2D eigenvalue weighted by atomic mass is 19.1. The molecule has 2 aromatic carbocycles. The van der Waals surface area contributed by atoms with E-state index in [9.17, 15) is 14.3 Å². The molecule has 0 aliphatic carbocycles. The molecule has 156 valence electrons. The van der Waals surface area contributed by atoms with Crippen LogP contribution in [0.1, 0.15) is 34.8 Å². The number of aliphatic hydroxyl groups is 1. The summed E-state index contributed by atoms with van der Waals surface area (Å²) < 4.78 is 18.9. The van der Waals surface area contributed by atoms with Crippen molar-refractivity contribution in [2.75, 3.05) is 25.1 Å². The number of nitrogens with one attached hydrogen (secondary N) is 2. The number of fused-ring (bicyclic) bond motifs is 1. The van der Waals surface area contributed by atoms with E-state index in [0.29, 0.717) is 17.2 Å². The van der Waals surface area contributed by atoms with Gasteiger partial charge in [0.15, 0.2) is 0 Å². The van der Waals surface area contributed by atoms with Gasteiger partial charge in [0.2, 0.25) is 0 Å². The van der Waals surface area contributed by atoms with E-state index in [1.165, 1.54) is 12.1 Å². The van der Waals surface area contributed by atoms with Gasteiger partial charge in [0.05, 0.1) is 12.6 Å². The number of ether oxygens (including phenoxy) is 1. The van der Waals surface area contributed by atoms with Crippen molar-refractivity contribution in [1.82, 2.24) is 10.3 Å². The summed E-state index contributed by atoms with van der Waals surface area (Å²) in [7, 11) is 0. The molecular formula is C23H24FN3O3. The number of carbonyl (C=O) groups is 1. The molecule has 30 heavy (non-hydrogen) atoms. The number of benzene rings is 2. The fourth-order valence-corrected chi connectivity index (χ4v) is 3.61. The van der Waals surface area contributed by atoms with Crippen molar-refractivity contribution in [3.8, 4) is 0 Å². The summed E-state index contributed by atoms with van der Waals surface area (Å²) in [4.78, 5) is 17.2. The average molecular weight is 409 g/mol. The summed E-state index contributed by atoms with van der Waals surface area (Å²) in [5.74, 6) is 0.0128. The molecule has 0 radical (unpaired) electrons. The van der Waals surface area contributed by atoms with Gasteiger partial charge in [-0.2, -0.15) is 0 Å². The molecule has 0 bridgehead atoms. The average Bonchev–Trinajstić information content (AvgIpc) is 2.77. The Hall–Kier alpha value is -3.03. The first-order chi connectivity index (χ1) is 14.6. The second-order valence-electron chi connectivity index (χ2n) is 7.43. The van der Waals surface area contributed by atoms with E-state index in [0.717, 1.165) is 42.6 Å². The van der Waals surface area contributed by atoms with Crippen LogP contribution in [0.25, 0.3) is 10.8 Å². The van der Waals surface area contributed by atoms with Crippen molar-refractivity contribution in [2.24, 2.45) is 0 Å². The summed E-state index contributed by atoms with van der Waals surface area (Å²) in [6.07, 6.45) is 3.65. The third-order valence-corrected chi connectivity index (χ3v) is 5.30. The topological polar surface area (TPSA) is 83.5 Å². The Balaban J connectivity index is 1.51. The van der Waals surface area contributed by atoms with Crippen molar-refractivity contribution in [3.05, 3.63) is 71.7 Å². The first-order valence-corrected chi connectivity index (χ1v) is 10.0. The first-order valence-electron chi connectivity index (χ1n) is 10.0. The van der Waals surface area contributed by atoms with E-state index in [1.54, 1.807) is 30.5 Å². The number of anilines is 1. The molecule has 1 aliphatic heterocycles. The second kappa shape index (κ2) is 9.19. The Kier molecular flexibility index (Phi) is 6.21. The third-order valence-electron chi connectivity index (χ3n) is 5.30. The molecule has 1 aliphatic rings. The normalized spacial score (nSPS) is 15.7. The molecule has 7 heteroatoms. The van der Waals surface area contributed by atoms with Crippen LogP contribution in [0.15, 0.2) is 54.7 Å². The Morgan fingerprint density at radius 3 is 2.77 bits per heavy atom. The molecule has 3 aromatic rings. The highest BCUT2D eigenvalue weighted by Crippen LogP contribution is 2.21. The lowest BCUT2D eigenvalue weighted by molar-refractivity contribution is 0.0903. The van der Waals surface area contributed by atoms with Gasteiger partial charge in [-0.1, -0.05) is 18.2 Å². The predicted octanol–water partition coefficient (Wildman–Crippen LogP) is 3.43. The monoisotopic (exact) mass is 409 g/mol. The van der Waals surface area contributed by atoms with E-state index >= 15 is 0 Å². The van der Waals surface area contributed by atoms with E-state index in [2.05, 4.69) is 15.6 Å². The van der Waals surface area contributed by atoms with Crippen LogP contribution in [0.4, 0.5) is 10.2 Å². The minimum absolute atomic E-state index is 0.326. The maximum atomic E-state index is 13.5. The lowest BCUT2D eigenvalue weighted by Gasteiger charge is -2.23. The fraction of sp³-hybridized carbons (Fsp3) is 0.304. The van der Waals surface area contributed by atoms with Gasteiger partial charge < -0.3 is 20.5 Å². The summed E-state index contributed by atoms with van der Waals surface area (Å²) in [5.41, 5.74) is 0.972. The van der Waals surface area contributed by atoms with Crippen LogP contribution in [-0.2, 0) is 4.74 Å². The van der Waals surface area contributed by atoms with Gasteiger partial charge in [-0.3, -0.25) is 4.79 Å². The van der Waals surface area contributed by atoms with Gasteiger partial charge in [-0.15, -0.1) is 0 Å². The smallest absolute Gasteiger partial charge is 0.251 e. The van der Waals surface area contributed by atoms with Crippen LogP contribution in [-0.4, -0.2) is 41.9 Å². The van der Waals surface area contributed by atoms with Crippen molar-refractivity contribution in [3.63, 3.8) is 0 Å². The minimum atomic E-state index is -0.688. The Morgan fingerprint density at radius 2 is 2.00 bits per heavy atom. The number of aliphatic hydroxyl groups excluding tert-OH is 1. The molecule has 1 fully saturated rings. The summed E-state index contributed by atoms with van der Waals surface area (Å²) in [6.45, 7) is 1.16. The van der Waals surface area contributed by atoms with Gasteiger partial charge in [-0.25, -0.2) is 9.37 Å². The van der Waals surface area contributed by atoms with Crippen molar-refractivity contribution >= 4 is 22.5 Å². The van der Waals surface area contributed by atoms with Crippen LogP contribution in [0, 0.1) is 5.82 Å². The van der Waals surface area contributed by atoms with Crippen LogP contribution >= 0.6 is 0 Å². The van der Waals surface area contributed by atoms with E-state index in [-0.39, 0.29) is 12.5 Å². The van der Waals surface area contributed by atoms with Gasteiger partial charge in [0.1, 0.15) is 11.6 Å². The Morgan fingerprint density at radius 1 is 1.17 bits per heavy atom. The quantitative estimate of drug-likeness (QED) is 0.581. The molecule has 1 amide bonds. The van der Waals surface area contributed by atoms with Crippen LogP contribution in [0.2, 0.25) is 0 Å². The van der Waals surface area contributed by atoms with Gasteiger partial charge in [-0.05, 0) is 54.1 Å². The minimum Gasteiger partial charge on any atom is -0.394 e. The number of nitrogens with zero attached hydrogens (tertiary/aromatic N) is 1. The lowest BCUT2D eigenvalue weighted by Crippen LogP contribution is -2.30. The molecule has 1 aromatic heterocycles. The molecule has 1 saturated heterocycles. The Labute approximate surface area is 174 Å². The number of rotatable bonds is 6. The molecular weight excluding hydrogens is 385 g/mol. The van der Waals surface area contributed by atoms with Crippen LogP contribution in [0.5, 0.6) is 0 Å². The SMILES string of the molecule is O=C(NC(CO)c1cccc(F)c1)c1ccc2cnc(NC3CCOCC3)cc2c1. The summed E-state index contributed by atoms with van der Waals surface area (Å²) in [5, 5.41) is 17.7.